The summed E-state index contributed by atoms with van der Waals surface area (Å²) in [5, 5.41) is 7.14. The van der Waals surface area contributed by atoms with Crippen molar-refractivity contribution in [1.29, 1.82) is 0 Å². The van der Waals surface area contributed by atoms with Crippen LogP contribution in [0.15, 0.2) is 82.4 Å². The number of halogens is 2. The number of benzene rings is 3. The van der Waals surface area contributed by atoms with Gasteiger partial charge in [-0.15, -0.1) is 0 Å². The smallest absolute Gasteiger partial charge is 0.259 e. The first-order valence-corrected chi connectivity index (χ1v) is 10.5. The third-order valence-electron chi connectivity index (χ3n) is 4.08. The van der Waals surface area contributed by atoms with Gasteiger partial charge in [-0.3, -0.25) is 9.59 Å². The van der Waals surface area contributed by atoms with Crippen molar-refractivity contribution in [3.05, 3.63) is 99.0 Å². The van der Waals surface area contributed by atoms with Gasteiger partial charge in [0.2, 0.25) is 0 Å². The lowest BCUT2D eigenvalue weighted by Crippen LogP contribution is -2.34. The predicted octanol–water partition coefficient (Wildman–Crippen LogP) is 4.56. The van der Waals surface area contributed by atoms with Gasteiger partial charge in [0.25, 0.3) is 11.8 Å². The summed E-state index contributed by atoms with van der Waals surface area (Å²) in [6, 6.07) is 21.6. The number of amides is 2. The SMILES string of the molecule is O=C(CNC(=O)c1cccc(Br)c1)N/N=C/c1cccc(OCc2ccc(Cl)cc2)c1. The minimum atomic E-state index is -0.435. The summed E-state index contributed by atoms with van der Waals surface area (Å²) in [5.74, 6) is -0.104. The number of carbonyl (C=O) groups excluding carboxylic acids is 2. The summed E-state index contributed by atoms with van der Waals surface area (Å²) in [5.41, 5.74) is 4.60. The number of carbonyl (C=O) groups is 2. The van der Waals surface area contributed by atoms with Gasteiger partial charge in [0.1, 0.15) is 12.4 Å². The molecule has 0 aliphatic rings. The Kier molecular flexibility index (Phi) is 8.20. The fourth-order valence-corrected chi connectivity index (χ4v) is 3.07. The Balaban J connectivity index is 1.45. The highest BCUT2D eigenvalue weighted by atomic mass is 79.9. The average molecular weight is 501 g/mol. The summed E-state index contributed by atoms with van der Waals surface area (Å²) < 4.78 is 6.56. The molecule has 0 bridgehead atoms. The van der Waals surface area contributed by atoms with E-state index in [1.54, 1.807) is 24.3 Å². The van der Waals surface area contributed by atoms with Crippen molar-refractivity contribution < 1.29 is 14.3 Å². The lowest BCUT2D eigenvalue weighted by Gasteiger charge is -2.07. The first kappa shape index (κ1) is 22.5. The third-order valence-corrected chi connectivity index (χ3v) is 4.82. The molecule has 31 heavy (non-hydrogen) atoms. The van der Waals surface area contributed by atoms with E-state index in [4.69, 9.17) is 16.3 Å². The van der Waals surface area contributed by atoms with Crippen LogP contribution < -0.4 is 15.5 Å². The highest BCUT2D eigenvalue weighted by molar-refractivity contribution is 9.10. The number of hydrogen-bond donors (Lipinski definition) is 2. The highest BCUT2D eigenvalue weighted by Crippen LogP contribution is 2.16. The predicted molar refractivity (Wildman–Crippen MR) is 124 cm³/mol. The minimum Gasteiger partial charge on any atom is -0.489 e. The van der Waals surface area contributed by atoms with Crippen LogP contribution in [0.3, 0.4) is 0 Å². The molecule has 3 aromatic rings. The molecule has 0 atom stereocenters. The maximum atomic E-state index is 12.0. The van der Waals surface area contributed by atoms with E-state index in [0.29, 0.717) is 22.9 Å². The molecule has 0 spiro atoms. The van der Waals surface area contributed by atoms with E-state index in [0.717, 1.165) is 15.6 Å². The Bertz CT molecular complexity index is 1090. The van der Waals surface area contributed by atoms with E-state index in [1.807, 2.05) is 48.5 Å². The number of nitrogens with one attached hydrogen (secondary N) is 2. The molecule has 3 aromatic carbocycles. The van der Waals surface area contributed by atoms with Crippen molar-refractivity contribution in [2.75, 3.05) is 6.54 Å². The zero-order chi connectivity index (χ0) is 22.1. The number of ether oxygens (including phenoxy) is 1. The molecule has 2 amide bonds. The normalized spacial score (nSPS) is 10.6. The quantitative estimate of drug-likeness (QED) is 0.351. The monoisotopic (exact) mass is 499 g/mol. The van der Waals surface area contributed by atoms with Gasteiger partial charge in [-0.05, 0) is 53.6 Å². The van der Waals surface area contributed by atoms with Gasteiger partial charge in [0.05, 0.1) is 12.8 Å². The van der Waals surface area contributed by atoms with Crippen LogP contribution in [0.5, 0.6) is 5.75 Å². The molecule has 6 nitrogen and oxygen atoms in total. The first-order chi connectivity index (χ1) is 15.0. The van der Waals surface area contributed by atoms with E-state index in [2.05, 4.69) is 31.8 Å². The topological polar surface area (TPSA) is 79.8 Å². The van der Waals surface area contributed by atoms with Crippen LogP contribution in [-0.2, 0) is 11.4 Å². The zero-order valence-corrected chi connectivity index (χ0v) is 18.7. The summed E-state index contributed by atoms with van der Waals surface area (Å²) in [6.07, 6.45) is 1.50. The van der Waals surface area contributed by atoms with Crippen molar-refractivity contribution >= 4 is 45.6 Å². The lowest BCUT2D eigenvalue weighted by molar-refractivity contribution is -0.120. The van der Waals surface area contributed by atoms with Gasteiger partial charge < -0.3 is 10.1 Å². The molecule has 0 radical (unpaired) electrons. The zero-order valence-electron chi connectivity index (χ0n) is 16.3. The fourth-order valence-electron chi connectivity index (χ4n) is 2.54. The molecule has 0 heterocycles. The second kappa shape index (κ2) is 11.3. The number of rotatable bonds is 8. The van der Waals surface area contributed by atoms with Crippen LogP contribution in [0.25, 0.3) is 0 Å². The molecule has 8 heteroatoms. The Morgan fingerprint density at radius 3 is 2.58 bits per heavy atom. The summed E-state index contributed by atoms with van der Waals surface area (Å²) in [4.78, 5) is 23.9. The summed E-state index contributed by atoms with van der Waals surface area (Å²) in [6.45, 7) is 0.221. The van der Waals surface area contributed by atoms with Gasteiger partial charge >= 0.3 is 0 Å². The summed E-state index contributed by atoms with van der Waals surface area (Å²) in [7, 11) is 0. The van der Waals surface area contributed by atoms with Gasteiger partial charge in [-0.1, -0.05) is 57.9 Å². The van der Waals surface area contributed by atoms with Crippen LogP contribution in [0.4, 0.5) is 0 Å². The molecule has 0 aliphatic carbocycles. The van der Waals surface area contributed by atoms with E-state index in [-0.39, 0.29) is 12.5 Å². The maximum absolute atomic E-state index is 12.0. The van der Waals surface area contributed by atoms with Crippen molar-refractivity contribution in [3.8, 4) is 5.75 Å². The Labute approximate surface area is 193 Å². The summed E-state index contributed by atoms with van der Waals surface area (Å²) >= 11 is 9.19. The van der Waals surface area contributed by atoms with Gasteiger partial charge in [-0.2, -0.15) is 5.10 Å². The van der Waals surface area contributed by atoms with Crippen LogP contribution in [-0.4, -0.2) is 24.6 Å². The third kappa shape index (κ3) is 7.55. The molecular weight excluding hydrogens is 482 g/mol. The number of hydrazone groups is 1. The van der Waals surface area contributed by atoms with Crippen LogP contribution in [0.2, 0.25) is 5.02 Å². The second-order valence-corrected chi connectivity index (χ2v) is 7.83. The fraction of sp³-hybridized carbons (Fsp3) is 0.0870. The molecule has 0 aromatic heterocycles. The molecule has 3 rings (SSSR count). The standard InChI is InChI=1S/C23H19BrClN3O3/c24-19-5-2-4-18(12-19)23(30)26-14-22(29)28-27-13-17-3-1-6-21(11-17)31-15-16-7-9-20(25)10-8-16/h1-13H,14-15H2,(H,26,30)(H,28,29)/b27-13+. The second-order valence-electron chi connectivity index (χ2n) is 6.47. The number of hydrogen-bond acceptors (Lipinski definition) is 4. The molecule has 2 N–H and O–H groups in total. The Hall–Kier alpha value is -3.16. The van der Waals surface area contributed by atoms with Crippen molar-refractivity contribution in [1.82, 2.24) is 10.7 Å². The van der Waals surface area contributed by atoms with Crippen LogP contribution in [0, 0.1) is 0 Å². The van der Waals surface area contributed by atoms with Crippen molar-refractivity contribution in [2.24, 2.45) is 5.10 Å². The largest absolute Gasteiger partial charge is 0.489 e. The van der Waals surface area contributed by atoms with E-state index in [9.17, 15) is 9.59 Å². The molecule has 0 saturated carbocycles. The average Bonchev–Trinajstić information content (AvgIpc) is 2.77. The van der Waals surface area contributed by atoms with Gasteiger partial charge in [-0.25, -0.2) is 5.43 Å². The maximum Gasteiger partial charge on any atom is 0.259 e. The van der Waals surface area contributed by atoms with Crippen LogP contribution >= 0.6 is 27.5 Å². The molecule has 0 aliphatic heterocycles. The van der Waals surface area contributed by atoms with Crippen LogP contribution in [0.1, 0.15) is 21.5 Å². The molecule has 0 saturated heterocycles. The Morgan fingerprint density at radius 1 is 1.03 bits per heavy atom. The molecule has 0 fully saturated rings. The lowest BCUT2D eigenvalue weighted by atomic mass is 10.2. The Morgan fingerprint density at radius 2 is 1.81 bits per heavy atom. The minimum absolute atomic E-state index is 0.188. The molecule has 0 unspecified atom stereocenters. The van der Waals surface area contributed by atoms with Gasteiger partial charge in [0, 0.05) is 15.1 Å². The molecule has 158 valence electrons. The van der Waals surface area contributed by atoms with Gasteiger partial charge in [0.15, 0.2) is 0 Å². The van der Waals surface area contributed by atoms with E-state index >= 15 is 0 Å². The van der Waals surface area contributed by atoms with E-state index in [1.165, 1.54) is 6.21 Å². The number of nitrogens with zero attached hydrogens (tertiary/aromatic N) is 1. The highest BCUT2D eigenvalue weighted by Gasteiger charge is 2.07. The molecular formula is C23H19BrClN3O3. The first-order valence-electron chi connectivity index (χ1n) is 9.32. The van der Waals surface area contributed by atoms with Crippen molar-refractivity contribution in [2.45, 2.75) is 6.61 Å². The van der Waals surface area contributed by atoms with Crippen molar-refractivity contribution in [3.63, 3.8) is 0 Å². The van der Waals surface area contributed by atoms with E-state index < -0.39 is 5.91 Å².